The molecule has 2 unspecified atom stereocenters. The highest BCUT2D eigenvalue weighted by molar-refractivity contribution is 5.81. The summed E-state index contributed by atoms with van der Waals surface area (Å²) in [6, 6.07) is -0.681. The molecule has 0 heterocycles. The molecule has 0 saturated carbocycles. The van der Waals surface area contributed by atoms with Crippen LogP contribution in [0, 0.1) is 5.92 Å². The minimum atomic E-state index is -0.892. The zero-order valence-corrected chi connectivity index (χ0v) is 10.6. The molecule has 0 radical (unpaired) electrons. The molecule has 1 amide bonds. The highest BCUT2D eigenvalue weighted by atomic mass is 16.5. The standard InChI is InChI=1S/C11H24N2O3/c1-8(2)5-11(3,15)7-13-10(14)9(12)6-16-4/h8-9,15H,5-7,12H2,1-4H3,(H,13,14). The number of nitrogens with one attached hydrogen (secondary N) is 1. The molecule has 0 saturated heterocycles. The highest BCUT2D eigenvalue weighted by Crippen LogP contribution is 2.14. The topological polar surface area (TPSA) is 84.6 Å². The molecule has 0 aliphatic rings. The van der Waals surface area contributed by atoms with Crippen molar-refractivity contribution in [1.82, 2.24) is 5.32 Å². The average Bonchev–Trinajstić information content (AvgIpc) is 2.12. The second-order valence-electron chi connectivity index (χ2n) is 4.87. The van der Waals surface area contributed by atoms with Gasteiger partial charge in [-0.25, -0.2) is 0 Å². The van der Waals surface area contributed by atoms with Crippen LogP contribution in [0.3, 0.4) is 0 Å². The summed E-state index contributed by atoms with van der Waals surface area (Å²) in [5, 5.41) is 12.6. The fourth-order valence-electron chi connectivity index (χ4n) is 1.62. The highest BCUT2D eigenvalue weighted by Gasteiger charge is 2.23. The number of hydrogen-bond donors (Lipinski definition) is 3. The Morgan fingerprint density at radius 2 is 2.12 bits per heavy atom. The van der Waals surface area contributed by atoms with Crippen molar-refractivity contribution in [2.45, 2.75) is 38.8 Å². The molecule has 96 valence electrons. The van der Waals surface area contributed by atoms with Crippen molar-refractivity contribution in [2.24, 2.45) is 11.7 Å². The van der Waals surface area contributed by atoms with Crippen molar-refractivity contribution in [3.63, 3.8) is 0 Å². The van der Waals surface area contributed by atoms with Gasteiger partial charge < -0.3 is 20.9 Å². The zero-order chi connectivity index (χ0) is 12.8. The van der Waals surface area contributed by atoms with Crippen LogP contribution in [0.2, 0.25) is 0 Å². The maximum atomic E-state index is 11.4. The normalized spacial score (nSPS) is 16.9. The van der Waals surface area contributed by atoms with E-state index in [9.17, 15) is 9.90 Å². The van der Waals surface area contributed by atoms with E-state index in [-0.39, 0.29) is 19.1 Å². The van der Waals surface area contributed by atoms with Gasteiger partial charge in [0.2, 0.25) is 5.91 Å². The maximum Gasteiger partial charge on any atom is 0.239 e. The van der Waals surface area contributed by atoms with Gasteiger partial charge >= 0.3 is 0 Å². The Labute approximate surface area is 97.3 Å². The van der Waals surface area contributed by atoms with Crippen molar-refractivity contribution < 1.29 is 14.6 Å². The molecule has 16 heavy (non-hydrogen) atoms. The average molecular weight is 232 g/mol. The largest absolute Gasteiger partial charge is 0.388 e. The second-order valence-corrected chi connectivity index (χ2v) is 4.87. The van der Waals surface area contributed by atoms with E-state index in [1.54, 1.807) is 6.92 Å². The van der Waals surface area contributed by atoms with Crippen molar-refractivity contribution >= 4 is 5.91 Å². The van der Waals surface area contributed by atoms with Gasteiger partial charge in [-0.15, -0.1) is 0 Å². The Hall–Kier alpha value is -0.650. The monoisotopic (exact) mass is 232 g/mol. The summed E-state index contributed by atoms with van der Waals surface area (Å²) >= 11 is 0. The van der Waals surface area contributed by atoms with E-state index in [1.807, 2.05) is 13.8 Å². The van der Waals surface area contributed by atoms with Gasteiger partial charge in [-0.05, 0) is 19.3 Å². The van der Waals surface area contributed by atoms with Crippen molar-refractivity contribution in [3.8, 4) is 0 Å². The minimum absolute atomic E-state index is 0.179. The second kappa shape index (κ2) is 6.83. The fourth-order valence-corrected chi connectivity index (χ4v) is 1.62. The molecule has 0 aliphatic carbocycles. The summed E-state index contributed by atoms with van der Waals surface area (Å²) in [4.78, 5) is 11.4. The number of rotatable bonds is 7. The number of ether oxygens (including phenoxy) is 1. The summed E-state index contributed by atoms with van der Waals surface area (Å²) in [7, 11) is 1.49. The van der Waals surface area contributed by atoms with E-state index >= 15 is 0 Å². The van der Waals surface area contributed by atoms with Gasteiger partial charge in [0.25, 0.3) is 0 Å². The lowest BCUT2D eigenvalue weighted by molar-refractivity contribution is -0.124. The number of carbonyl (C=O) groups is 1. The molecule has 4 N–H and O–H groups in total. The van der Waals surface area contributed by atoms with Crippen LogP contribution in [0.15, 0.2) is 0 Å². The van der Waals surface area contributed by atoms with Crippen LogP contribution < -0.4 is 11.1 Å². The molecule has 0 rings (SSSR count). The smallest absolute Gasteiger partial charge is 0.239 e. The van der Waals surface area contributed by atoms with E-state index in [4.69, 9.17) is 10.5 Å². The van der Waals surface area contributed by atoms with E-state index in [1.165, 1.54) is 7.11 Å². The molecule has 5 heteroatoms. The number of amides is 1. The number of methoxy groups -OCH3 is 1. The van der Waals surface area contributed by atoms with Crippen LogP contribution in [0.25, 0.3) is 0 Å². The first-order valence-corrected chi connectivity index (χ1v) is 5.53. The SMILES string of the molecule is COCC(N)C(=O)NCC(C)(O)CC(C)C. The van der Waals surface area contributed by atoms with Crippen molar-refractivity contribution in [3.05, 3.63) is 0 Å². The van der Waals surface area contributed by atoms with Crippen LogP contribution in [-0.2, 0) is 9.53 Å². The van der Waals surface area contributed by atoms with Crippen LogP contribution in [0.1, 0.15) is 27.2 Å². The third-order valence-electron chi connectivity index (χ3n) is 2.17. The maximum absolute atomic E-state index is 11.4. The van der Waals surface area contributed by atoms with E-state index in [0.29, 0.717) is 12.3 Å². The van der Waals surface area contributed by atoms with Gasteiger partial charge in [-0.2, -0.15) is 0 Å². The first kappa shape index (κ1) is 15.3. The lowest BCUT2D eigenvalue weighted by Crippen LogP contribution is -2.49. The van der Waals surface area contributed by atoms with E-state index < -0.39 is 11.6 Å². The molecule has 0 spiro atoms. The summed E-state index contributed by atoms with van der Waals surface area (Å²) < 4.78 is 4.77. The molecule has 5 nitrogen and oxygen atoms in total. The fraction of sp³-hybridized carbons (Fsp3) is 0.909. The Morgan fingerprint density at radius 3 is 2.56 bits per heavy atom. The number of nitrogens with two attached hydrogens (primary N) is 1. The minimum Gasteiger partial charge on any atom is -0.388 e. The summed E-state index contributed by atoms with van der Waals surface area (Å²) in [6.07, 6.45) is 0.632. The molecule has 0 bridgehead atoms. The molecular formula is C11H24N2O3. The van der Waals surface area contributed by atoms with Crippen molar-refractivity contribution in [1.29, 1.82) is 0 Å². The predicted octanol–water partition coefficient (Wildman–Crippen LogP) is -0.127. The number of carbonyl (C=O) groups excluding carboxylic acids is 1. The Kier molecular flexibility index (Phi) is 6.55. The molecule has 0 aromatic rings. The summed E-state index contributed by atoms with van der Waals surface area (Å²) in [6.45, 7) is 6.13. The van der Waals surface area contributed by atoms with Crippen LogP contribution in [0.5, 0.6) is 0 Å². The lowest BCUT2D eigenvalue weighted by Gasteiger charge is -2.26. The van der Waals surface area contributed by atoms with Gasteiger partial charge in [0.15, 0.2) is 0 Å². The van der Waals surface area contributed by atoms with Crippen LogP contribution in [0.4, 0.5) is 0 Å². The Morgan fingerprint density at radius 1 is 1.56 bits per heavy atom. The van der Waals surface area contributed by atoms with Crippen LogP contribution >= 0.6 is 0 Å². The Balaban J connectivity index is 3.99. The molecule has 0 aliphatic heterocycles. The quantitative estimate of drug-likeness (QED) is 0.571. The zero-order valence-electron chi connectivity index (χ0n) is 10.6. The van der Waals surface area contributed by atoms with Gasteiger partial charge in [0.1, 0.15) is 6.04 Å². The summed E-state index contributed by atoms with van der Waals surface area (Å²) in [5.41, 5.74) is 4.65. The third kappa shape index (κ3) is 6.76. The van der Waals surface area contributed by atoms with E-state index in [2.05, 4.69) is 5.32 Å². The molecule has 0 aromatic heterocycles. The number of aliphatic hydroxyl groups is 1. The first-order chi connectivity index (χ1) is 7.28. The molecular weight excluding hydrogens is 208 g/mol. The Bertz CT molecular complexity index is 217. The lowest BCUT2D eigenvalue weighted by atomic mass is 9.94. The predicted molar refractivity (Wildman–Crippen MR) is 62.9 cm³/mol. The molecule has 0 aromatic carbocycles. The third-order valence-corrected chi connectivity index (χ3v) is 2.17. The molecule has 2 atom stereocenters. The van der Waals surface area contributed by atoms with Gasteiger partial charge in [-0.3, -0.25) is 4.79 Å². The van der Waals surface area contributed by atoms with E-state index in [0.717, 1.165) is 0 Å². The first-order valence-electron chi connectivity index (χ1n) is 5.53. The van der Waals surface area contributed by atoms with Crippen LogP contribution in [-0.4, -0.2) is 42.9 Å². The molecule has 0 fully saturated rings. The van der Waals surface area contributed by atoms with Crippen molar-refractivity contribution in [2.75, 3.05) is 20.3 Å². The summed E-state index contributed by atoms with van der Waals surface area (Å²) in [5.74, 6) is 0.0745. The van der Waals surface area contributed by atoms with Gasteiger partial charge in [-0.1, -0.05) is 13.8 Å². The van der Waals surface area contributed by atoms with Gasteiger partial charge in [0, 0.05) is 13.7 Å². The van der Waals surface area contributed by atoms with Gasteiger partial charge in [0.05, 0.1) is 12.2 Å². The number of hydrogen-bond acceptors (Lipinski definition) is 4.